The molecule has 0 unspecified atom stereocenters. The first-order valence-electron chi connectivity index (χ1n) is 11.8. The molecule has 0 radical (unpaired) electrons. The van der Waals surface area contributed by atoms with Gasteiger partial charge in [-0.25, -0.2) is 4.79 Å². The van der Waals surface area contributed by atoms with E-state index in [1.54, 1.807) is 11.9 Å². The number of alkyl halides is 6. The molecule has 2 heterocycles. The predicted molar refractivity (Wildman–Crippen MR) is 120 cm³/mol. The van der Waals surface area contributed by atoms with Crippen LogP contribution >= 0.6 is 0 Å². The van der Waals surface area contributed by atoms with E-state index in [9.17, 15) is 35.9 Å². The smallest absolute Gasteiger partial charge is 0.426 e. The number of ether oxygens (including phenoxy) is 1. The number of hydrogen-bond acceptors (Lipinski definition) is 4. The third-order valence-electron chi connectivity index (χ3n) is 7.20. The molecule has 0 atom stereocenters. The van der Waals surface area contributed by atoms with E-state index >= 15 is 0 Å². The van der Waals surface area contributed by atoms with E-state index in [0.717, 1.165) is 41.1 Å². The minimum absolute atomic E-state index is 0.0265. The molecule has 2 aliphatic rings. The van der Waals surface area contributed by atoms with Crippen LogP contribution in [0.25, 0.3) is 0 Å². The number of benzene rings is 1. The lowest BCUT2D eigenvalue weighted by Crippen LogP contribution is -2.50. The molecule has 0 saturated carbocycles. The van der Waals surface area contributed by atoms with Crippen LogP contribution in [0.5, 0.6) is 0 Å². The molecule has 0 aliphatic carbocycles. The number of carbonyl (C=O) groups excluding carboxylic acids is 2. The highest BCUT2D eigenvalue weighted by Gasteiger charge is 2.60. The maximum absolute atomic E-state index is 12.7. The normalized spacial score (nSPS) is 18.7. The number of nitrogens with zero attached hydrogens (tertiary/aromatic N) is 3. The monoisotopic (exact) mass is 523 g/mol. The summed E-state index contributed by atoms with van der Waals surface area (Å²) in [5.74, 6) is -0.0763. The van der Waals surface area contributed by atoms with E-state index in [1.807, 2.05) is 25.1 Å². The van der Waals surface area contributed by atoms with Gasteiger partial charge in [0.25, 0.3) is 6.10 Å². The van der Waals surface area contributed by atoms with Gasteiger partial charge in [-0.15, -0.1) is 0 Å². The topological polar surface area (TPSA) is 53.1 Å². The maximum atomic E-state index is 12.7. The first-order valence-corrected chi connectivity index (χ1v) is 11.8. The van der Waals surface area contributed by atoms with Gasteiger partial charge >= 0.3 is 18.4 Å². The molecule has 2 fully saturated rings. The number of hydrogen-bond donors (Lipinski definition) is 0. The van der Waals surface area contributed by atoms with E-state index in [1.165, 1.54) is 6.92 Å². The van der Waals surface area contributed by atoms with Gasteiger partial charge in [-0.1, -0.05) is 25.1 Å². The van der Waals surface area contributed by atoms with Crippen LogP contribution in [0.3, 0.4) is 0 Å². The molecule has 12 heteroatoms. The van der Waals surface area contributed by atoms with Crippen LogP contribution in [0.4, 0.5) is 36.8 Å². The van der Waals surface area contributed by atoms with E-state index in [0.29, 0.717) is 25.9 Å². The summed E-state index contributed by atoms with van der Waals surface area (Å²) in [5, 5.41) is 0. The number of para-hydroxylation sites is 1. The second-order valence-electron chi connectivity index (χ2n) is 9.65. The first-order chi connectivity index (χ1) is 16.7. The van der Waals surface area contributed by atoms with E-state index in [-0.39, 0.29) is 24.4 Å². The Balaban J connectivity index is 1.63. The highest BCUT2D eigenvalue weighted by Crippen LogP contribution is 2.42. The number of rotatable bonds is 5. The summed E-state index contributed by atoms with van der Waals surface area (Å²) in [6, 6.07) is 5.92. The van der Waals surface area contributed by atoms with Gasteiger partial charge < -0.3 is 14.5 Å². The van der Waals surface area contributed by atoms with E-state index in [4.69, 9.17) is 0 Å². The molecule has 6 nitrogen and oxygen atoms in total. The number of carbonyl (C=O) groups is 2. The molecule has 1 spiro atoms. The minimum Gasteiger partial charge on any atom is -0.426 e. The van der Waals surface area contributed by atoms with Crippen molar-refractivity contribution in [1.82, 2.24) is 9.80 Å². The molecular formula is C24H31F6N3O3. The third-order valence-corrected chi connectivity index (χ3v) is 7.20. The molecule has 2 saturated heterocycles. The van der Waals surface area contributed by atoms with Crippen LogP contribution in [0.2, 0.25) is 0 Å². The van der Waals surface area contributed by atoms with Gasteiger partial charge in [0.05, 0.1) is 5.69 Å². The van der Waals surface area contributed by atoms with Crippen molar-refractivity contribution in [2.45, 2.75) is 64.5 Å². The zero-order valence-electron chi connectivity index (χ0n) is 20.5. The molecule has 0 aromatic heterocycles. The maximum Gasteiger partial charge on any atom is 0.434 e. The fourth-order valence-corrected chi connectivity index (χ4v) is 5.12. The molecule has 1 aromatic rings. The Bertz CT molecular complexity index is 943. The summed E-state index contributed by atoms with van der Waals surface area (Å²) in [6.45, 7) is 5.62. The van der Waals surface area contributed by atoms with Crippen molar-refractivity contribution in [3.63, 3.8) is 0 Å². The second kappa shape index (κ2) is 10.5. The van der Waals surface area contributed by atoms with Crippen molar-refractivity contribution < 1.29 is 40.7 Å². The van der Waals surface area contributed by atoms with Gasteiger partial charge in [-0.05, 0) is 48.8 Å². The number of aryl methyl sites for hydroxylation is 1. The predicted octanol–water partition coefficient (Wildman–Crippen LogP) is 5.15. The Morgan fingerprint density at radius 1 is 1.03 bits per heavy atom. The quantitative estimate of drug-likeness (QED) is 0.501. The highest BCUT2D eigenvalue weighted by atomic mass is 19.4. The van der Waals surface area contributed by atoms with Gasteiger partial charge in [0.15, 0.2) is 0 Å². The van der Waals surface area contributed by atoms with E-state index < -0.39 is 24.5 Å². The second-order valence-corrected chi connectivity index (χ2v) is 9.65. The molecule has 1 aromatic carbocycles. The minimum atomic E-state index is -5.73. The van der Waals surface area contributed by atoms with Crippen LogP contribution in [0.1, 0.15) is 44.2 Å². The van der Waals surface area contributed by atoms with Gasteiger partial charge in [0, 0.05) is 40.2 Å². The molecule has 2 aliphatic heterocycles. The van der Waals surface area contributed by atoms with Crippen molar-refractivity contribution >= 4 is 17.7 Å². The fraction of sp³-hybridized carbons (Fsp3) is 0.667. The van der Waals surface area contributed by atoms with Crippen LogP contribution in [-0.2, 0) is 22.5 Å². The molecule has 0 bridgehead atoms. The van der Waals surface area contributed by atoms with Crippen molar-refractivity contribution in [1.29, 1.82) is 0 Å². The lowest BCUT2D eigenvalue weighted by Gasteiger charge is -2.39. The summed E-state index contributed by atoms with van der Waals surface area (Å²) in [5.41, 5.74) is 2.77. The molecule has 36 heavy (non-hydrogen) atoms. The summed E-state index contributed by atoms with van der Waals surface area (Å²) >= 11 is 0. The summed E-state index contributed by atoms with van der Waals surface area (Å²) in [6.07, 6.45) is -14.7. The SMILES string of the molecule is CCc1cccc(CN2CCC3(CCN(C(=O)OC(C(F)(F)F)C(F)(F)F)CC3)C2)c1N(C)C(C)=O. The van der Waals surface area contributed by atoms with Gasteiger partial charge in [0.1, 0.15) is 0 Å². The number of likely N-dealkylation sites (tertiary alicyclic amines) is 2. The molecule has 0 N–H and O–H groups in total. The van der Waals surface area contributed by atoms with Crippen molar-refractivity contribution in [3.05, 3.63) is 29.3 Å². The Hall–Kier alpha value is -2.50. The van der Waals surface area contributed by atoms with Gasteiger partial charge in [-0.3, -0.25) is 9.69 Å². The van der Waals surface area contributed by atoms with Crippen LogP contribution in [0, 0.1) is 5.41 Å². The molecule has 202 valence electrons. The largest absolute Gasteiger partial charge is 0.434 e. The van der Waals surface area contributed by atoms with Crippen LogP contribution < -0.4 is 4.90 Å². The number of anilines is 1. The number of halogens is 6. The van der Waals surface area contributed by atoms with E-state index in [2.05, 4.69) is 9.64 Å². The molecular weight excluding hydrogens is 492 g/mol. The highest BCUT2D eigenvalue weighted by molar-refractivity contribution is 5.92. The zero-order valence-corrected chi connectivity index (χ0v) is 20.5. The zero-order chi connectivity index (χ0) is 26.9. The van der Waals surface area contributed by atoms with Crippen molar-refractivity contribution in [2.24, 2.45) is 5.41 Å². The van der Waals surface area contributed by atoms with Crippen LogP contribution in [-0.4, -0.2) is 73.5 Å². The van der Waals surface area contributed by atoms with Crippen molar-refractivity contribution in [2.75, 3.05) is 38.1 Å². The number of piperidine rings is 1. The summed E-state index contributed by atoms with van der Waals surface area (Å²) in [4.78, 5) is 28.9. The Morgan fingerprint density at radius 3 is 2.11 bits per heavy atom. The Labute approximate surface area is 206 Å². The summed E-state index contributed by atoms with van der Waals surface area (Å²) in [7, 11) is 1.74. The average molecular weight is 524 g/mol. The molecule has 2 amide bonds. The number of amides is 2. The van der Waals surface area contributed by atoms with Gasteiger partial charge in [-0.2, -0.15) is 26.3 Å². The first kappa shape index (κ1) is 28.1. The van der Waals surface area contributed by atoms with Gasteiger partial charge in [0.2, 0.25) is 5.91 Å². The lowest BCUT2D eigenvalue weighted by molar-refractivity contribution is -0.308. The fourth-order valence-electron chi connectivity index (χ4n) is 5.12. The Morgan fingerprint density at radius 2 is 1.58 bits per heavy atom. The lowest BCUT2D eigenvalue weighted by atomic mass is 9.78. The van der Waals surface area contributed by atoms with Crippen molar-refractivity contribution in [3.8, 4) is 0 Å². The standard InChI is InChI=1S/C24H31F6N3O3/c1-4-17-6-5-7-18(19(17)31(3)16(2)34)14-32-11-8-22(15-32)9-12-33(13-10-22)21(35)36-20(23(25,26)27)24(28,29)30/h5-7,20H,4,8-15H2,1-3H3. The third kappa shape index (κ3) is 6.24. The average Bonchev–Trinajstić information content (AvgIpc) is 3.17. The Kier molecular flexibility index (Phi) is 8.17. The summed E-state index contributed by atoms with van der Waals surface area (Å²) < 4.78 is 80.2. The molecule has 3 rings (SSSR count). The van der Waals surface area contributed by atoms with Crippen LogP contribution in [0.15, 0.2) is 18.2 Å².